The molecule has 1 amide bonds. The van der Waals surface area contributed by atoms with Gasteiger partial charge in [-0.15, -0.1) is 0 Å². The summed E-state index contributed by atoms with van der Waals surface area (Å²) in [4.78, 5) is 22.9. The molecular weight excluding hydrogens is 298 g/mol. The Morgan fingerprint density at radius 3 is 2.73 bits per heavy atom. The van der Waals surface area contributed by atoms with E-state index < -0.39 is 5.97 Å². The van der Waals surface area contributed by atoms with Crippen molar-refractivity contribution in [3.63, 3.8) is 0 Å². The summed E-state index contributed by atoms with van der Waals surface area (Å²) in [5.74, 6) is 0.733. The van der Waals surface area contributed by atoms with Crippen molar-refractivity contribution < 1.29 is 14.7 Å². The second kappa shape index (κ2) is 7.68. The number of aliphatic carboxylic acids is 1. The molecule has 0 aliphatic heterocycles. The van der Waals surface area contributed by atoms with Crippen molar-refractivity contribution in [1.82, 2.24) is 0 Å². The second-order valence-corrected chi connectivity index (χ2v) is 6.94. The zero-order valence-corrected chi connectivity index (χ0v) is 13.7. The minimum absolute atomic E-state index is 0.136. The molecule has 0 spiro atoms. The third kappa shape index (κ3) is 4.26. The molecule has 2 N–H and O–H groups in total. The van der Waals surface area contributed by atoms with E-state index in [1.807, 2.05) is 24.3 Å². The Morgan fingerprint density at radius 1 is 1.36 bits per heavy atom. The Balaban J connectivity index is 1.88. The normalized spacial score (nSPS) is 15.9. The Hall–Kier alpha value is -1.49. The van der Waals surface area contributed by atoms with Crippen LogP contribution in [0.2, 0.25) is 0 Å². The van der Waals surface area contributed by atoms with E-state index in [1.165, 1.54) is 0 Å². The first kappa shape index (κ1) is 16.9. The van der Waals surface area contributed by atoms with Gasteiger partial charge in [-0.05, 0) is 37.0 Å². The number of carbonyl (C=O) groups is 2. The minimum atomic E-state index is -0.765. The first-order valence-corrected chi connectivity index (χ1v) is 8.91. The Kier molecular flexibility index (Phi) is 5.89. The van der Waals surface area contributed by atoms with Crippen molar-refractivity contribution in [3.8, 4) is 0 Å². The van der Waals surface area contributed by atoms with Gasteiger partial charge in [0, 0.05) is 22.6 Å². The molecule has 0 saturated heterocycles. The maximum Gasteiger partial charge on any atom is 0.304 e. The van der Waals surface area contributed by atoms with Crippen LogP contribution < -0.4 is 5.32 Å². The van der Waals surface area contributed by atoms with Gasteiger partial charge in [0.1, 0.15) is 0 Å². The number of hydrogen-bond donors (Lipinski definition) is 2. The maximum atomic E-state index is 12.4. The minimum Gasteiger partial charge on any atom is -0.481 e. The molecule has 4 nitrogen and oxygen atoms in total. The lowest BCUT2D eigenvalue weighted by Gasteiger charge is -2.39. The smallest absolute Gasteiger partial charge is 0.304 e. The number of nitrogens with one attached hydrogen (secondary N) is 1. The molecule has 1 aliphatic carbocycles. The highest BCUT2D eigenvalue weighted by molar-refractivity contribution is 7.98. The van der Waals surface area contributed by atoms with Gasteiger partial charge >= 0.3 is 5.97 Å². The third-order valence-corrected chi connectivity index (χ3v) is 5.41. The van der Waals surface area contributed by atoms with Crippen LogP contribution in [-0.2, 0) is 15.3 Å². The highest BCUT2D eigenvalue weighted by Gasteiger charge is 2.42. The molecule has 0 atom stereocenters. The van der Waals surface area contributed by atoms with Crippen molar-refractivity contribution in [2.75, 3.05) is 11.1 Å². The van der Waals surface area contributed by atoms with Crippen molar-refractivity contribution in [2.24, 2.45) is 5.41 Å². The van der Waals surface area contributed by atoms with Gasteiger partial charge in [0.15, 0.2) is 0 Å². The van der Waals surface area contributed by atoms with Gasteiger partial charge in [-0.25, -0.2) is 0 Å². The number of benzene rings is 1. The fourth-order valence-corrected chi connectivity index (χ4v) is 3.58. The number of carboxylic acids is 1. The molecular formula is C17H23NO3S. The second-order valence-electron chi connectivity index (χ2n) is 5.84. The fourth-order valence-electron chi connectivity index (χ4n) is 2.70. The summed E-state index contributed by atoms with van der Waals surface area (Å²) < 4.78 is 0. The standard InChI is InChI=1S/C17H23NO3S/c1-2-17(8-4-9-17)16(21)18-14-6-3-5-13(11-14)12-22-10-7-15(19)20/h3,5-6,11H,2,4,7-10,12H2,1H3,(H,18,21)(H,19,20). The lowest BCUT2D eigenvalue weighted by molar-refractivity contribution is -0.136. The summed E-state index contributed by atoms with van der Waals surface area (Å²) in [7, 11) is 0. The average Bonchev–Trinajstić information content (AvgIpc) is 2.43. The first-order chi connectivity index (χ1) is 10.6. The molecule has 0 bridgehead atoms. The van der Waals surface area contributed by atoms with E-state index in [9.17, 15) is 9.59 Å². The molecule has 2 rings (SSSR count). The summed E-state index contributed by atoms with van der Waals surface area (Å²) in [6, 6.07) is 7.82. The number of carboxylic acid groups (broad SMARTS) is 1. The highest BCUT2D eigenvalue weighted by Crippen LogP contribution is 2.44. The van der Waals surface area contributed by atoms with Crippen molar-refractivity contribution in [3.05, 3.63) is 29.8 Å². The van der Waals surface area contributed by atoms with Gasteiger partial charge in [-0.2, -0.15) is 11.8 Å². The van der Waals surface area contributed by atoms with Gasteiger partial charge in [-0.3, -0.25) is 9.59 Å². The molecule has 1 aromatic carbocycles. The Bertz CT molecular complexity index is 535. The fraction of sp³-hybridized carbons (Fsp3) is 0.529. The van der Waals surface area contributed by atoms with Crippen LogP contribution in [0.5, 0.6) is 0 Å². The number of amides is 1. The van der Waals surface area contributed by atoms with E-state index in [0.717, 1.165) is 42.7 Å². The van der Waals surface area contributed by atoms with Crippen molar-refractivity contribution in [2.45, 2.75) is 44.8 Å². The molecule has 1 saturated carbocycles. The van der Waals surface area contributed by atoms with E-state index in [0.29, 0.717) is 5.75 Å². The van der Waals surface area contributed by atoms with Crippen LogP contribution in [0.15, 0.2) is 24.3 Å². The van der Waals surface area contributed by atoms with Crippen LogP contribution in [0.1, 0.15) is 44.6 Å². The van der Waals surface area contributed by atoms with Gasteiger partial charge < -0.3 is 10.4 Å². The van der Waals surface area contributed by atoms with Gasteiger partial charge in [0.2, 0.25) is 5.91 Å². The number of rotatable bonds is 8. The number of carbonyl (C=O) groups excluding carboxylic acids is 1. The molecule has 0 aromatic heterocycles. The molecule has 22 heavy (non-hydrogen) atoms. The summed E-state index contributed by atoms with van der Waals surface area (Å²) >= 11 is 1.59. The quantitative estimate of drug-likeness (QED) is 0.712. The van der Waals surface area contributed by atoms with Gasteiger partial charge in [0.05, 0.1) is 6.42 Å². The molecule has 1 fully saturated rings. The molecule has 0 heterocycles. The molecule has 1 aliphatic rings. The summed E-state index contributed by atoms with van der Waals surface area (Å²) in [5.41, 5.74) is 1.78. The maximum absolute atomic E-state index is 12.4. The van der Waals surface area contributed by atoms with E-state index >= 15 is 0 Å². The lowest BCUT2D eigenvalue weighted by atomic mass is 9.66. The lowest BCUT2D eigenvalue weighted by Crippen LogP contribution is -2.41. The summed E-state index contributed by atoms with van der Waals surface area (Å²) in [6.07, 6.45) is 4.19. The average molecular weight is 321 g/mol. The predicted octanol–water partition coefficient (Wildman–Crippen LogP) is 3.91. The largest absolute Gasteiger partial charge is 0.481 e. The van der Waals surface area contributed by atoms with Gasteiger partial charge in [0.25, 0.3) is 0 Å². The monoisotopic (exact) mass is 321 g/mol. The van der Waals surface area contributed by atoms with Crippen molar-refractivity contribution >= 4 is 29.3 Å². The molecule has 5 heteroatoms. The number of anilines is 1. The summed E-state index contributed by atoms with van der Waals surface area (Å²) in [5, 5.41) is 11.7. The van der Waals surface area contributed by atoms with Gasteiger partial charge in [-0.1, -0.05) is 25.5 Å². The third-order valence-electron chi connectivity index (χ3n) is 4.38. The predicted molar refractivity (Wildman–Crippen MR) is 90.1 cm³/mol. The number of hydrogen-bond acceptors (Lipinski definition) is 3. The molecule has 120 valence electrons. The zero-order chi connectivity index (χ0) is 16.0. The number of thioether (sulfide) groups is 1. The van der Waals surface area contributed by atoms with E-state index in [1.54, 1.807) is 11.8 Å². The summed E-state index contributed by atoms with van der Waals surface area (Å²) in [6.45, 7) is 2.08. The van der Waals surface area contributed by atoms with Crippen LogP contribution in [0.3, 0.4) is 0 Å². The van der Waals surface area contributed by atoms with E-state index in [2.05, 4.69) is 12.2 Å². The Morgan fingerprint density at radius 2 is 2.14 bits per heavy atom. The van der Waals surface area contributed by atoms with Crippen LogP contribution in [0.25, 0.3) is 0 Å². The zero-order valence-electron chi connectivity index (χ0n) is 12.9. The topological polar surface area (TPSA) is 66.4 Å². The van der Waals surface area contributed by atoms with Crippen LogP contribution >= 0.6 is 11.8 Å². The first-order valence-electron chi connectivity index (χ1n) is 7.76. The molecule has 1 aromatic rings. The SMILES string of the molecule is CCC1(C(=O)Nc2cccc(CSCCC(=O)O)c2)CCC1. The molecule has 0 radical (unpaired) electrons. The Labute approximate surface area is 135 Å². The van der Waals surface area contributed by atoms with E-state index in [-0.39, 0.29) is 17.7 Å². The van der Waals surface area contributed by atoms with E-state index in [4.69, 9.17) is 5.11 Å². The van der Waals surface area contributed by atoms with Crippen LogP contribution in [-0.4, -0.2) is 22.7 Å². The van der Waals surface area contributed by atoms with Crippen LogP contribution in [0, 0.1) is 5.41 Å². The van der Waals surface area contributed by atoms with Crippen molar-refractivity contribution in [1.29, 1.82) is 0 Å². The highest BCUT2D eigenvalue weighted by atomic mass is 32.2. The van der Waals surface area contributed by atoms with Crippen LogP contribution in [0.4, 0.5) is 5.69 Å². The molecule has 0 unspecified atom stereocenters.